The first kappa shape index (κ1) is 23.4. The van der Waals surface area contributed by atoms with E-state index < -0.39 is 0 Å². The third-order valence-electron chi connectivity index (χ3n) is 8.03. The van der Waals surface area contributed by atoms with E-state index in [0.717, 1.165) is 60.4 Å². The Labute approximate surface area is 215 Å². The molecule has 8 nitrogen and oxygen atoms in total. The van der Waals surface area contributed by atoms with Crippen molar-refractivity contribution in [3.8, 4) is 11.1 Å². The maximum absolute atomic E-state index is 12.9. The number of aromatic nitrogens is 5. The van der Waals surface area contributed by atoms with Gasteiger partial charge in [-0.25, -0.2) is 9.50 Å². The lowest BCUT2D eigenvalue weighted by atomic mass is 9.72. The summed E-state index contributed by atoms with van der Waals surface area (Å²) in [6.07, 6.45) is 18.0. The van der Waals surface area contributed by atoms with E-state index in [-0.39, 0.29) is 11.4 Å². The van der Waals surface area contributed by atoms with E-state index in [4.69, 9.17) is 10.1 Å². The minimum atomic E-state index is -0.0276. The van der Waals surface area contributed by atoms with Crippen molar-refractivity contribution in [2.45, 2.75) is 56.4 Å². The molecule has 0 spiro atoms. The molecule has 1 saturated heterocycles. The van der Waals surface area contributed by atoms with Gasteiger partial charge in [0.1, 0.15) is 0 Å². The zero-order valence-corrected chi connectivity index (χ0v) is 21.6. The number of carbonyl (C=O) groups is 1. The van der Waals surface area contributed by atoms with Crippen LogP contribution in [0.4, 0.5) is 0 Å². The molecule has 1 aliphatic carbocycles. The Morgan fingerprint density at radius 1 is 1.11 bits per heavy atom. The molecule has 4 aromatic rings. The van der Waals surface area contributed by atoms with Crippen LogP contribution in [-0.2, 0) is 7.05 Å². The number of carbonyl (C=O) groups excluding carboxylic acids is 1. The summed E-state index contributed by atoms with van der Waals surface area (Å²) in [5.74, 6) is 0.414. The number of nitrogens with one attached hydrogen (secondary N) is 1. The standard InChI is InChI=1S/C27H33N7OS/c1-32-17-22(15-30-32)21-14-28-25-23(16-31-34(25)18-21)20-7-5-9-27(13-20,33-10-3-2-4-11-33)19-29-26(35)24-8-6-12-36-24/h6,8,12,14-18,20H,2-5,7,9-11,13,19H2,1H3,(H,29,35). The molecule has 36 heavy (non-hydrogen) atoms. The lowest BCUT2D eigenvalue weighted by Gasteiger charge is -2.50. The van der Waals surface area contributed by atoms with Crippen molar-refractivity contribution >= 4 is 22.9 Å². The lowest BCUT2D eigenvalue weighted by Crippen LogP contribution is -2.59. The Kier molecular flexibility index (Phi) is 6.35. The Hall–Kier alpha value is -3.04. The summed E-state index contributed by atoms with van der Waals surface area (Å²) in [6.45, 7) is 2.92. The molecule has 1 N–H and O–H groups in total. The molecule has 2 fully saturated rings. The van der Waals surface area contributed by atoms with Crippen LogP contribution in [-0.4, -0.2) is 60.4 Å². The van der Waals surface area contributed by atoms with E-state index in [9.17, 15) is 4.79 Å². The van der Waals surface area contributed by atoms with Gasteiger partial charge >= 0.3 is 0 Å². The van der Waals surface area contributed by atoms with Crippen LogP contribution in [0.25, 0.3) is 16.8 Å². The minimum Gasteiger partial charge on any atom is -0.349 e. The number of aryl methyl sites for hydroxylation is 1. The van der Waals surface area contributed by atoms with Gasteiger partial charge in [-0.1, -0.05) is 18.9 Å². The van der Waals surface area contributed by atoms with Crippen molar-refractivity contribution in [2.75, 3.05) is 19.6 Å². The number of likely N-dealkylation sites (tertiary alicyclic amines) is 1. The molecule has 1 saturated carbocycles. The van der Waals surface area contributed by atoms with E-state index in [0.29, 0.717) is 12.5 Å². The Balaban J connectivity index is 1.27. The highest BCUT2D eigenvalue weighted by molar-refractivity contribution is 7.12. The maximum atomic E-state index is 12.9. The third-order valence-corrected chi connectivity index (χ3v) is 8.90. The van der Waals surface area contributed by atoms with E-state index in [2.05, 4.69) is 15.3 Å². The van der Waals surface area contributed by atoms with Crippen LogP contribution in [0.3, 0.4) is 0 Å². The lowest BCUT2D eigenvalue weighted by molar-refractivity contribution is 0.0264. The molecular weight excluding hydrogens is 470 g/mol. The summed E-state index contributed by atoms with van der Waals surface area (Å²) in [6, 6.07) is 3.84. The molecule has 6 rings (SSSR count). The maximum Gasteiger partial charge on any atom is 0.261 e. The third kappa shape index (κ3) is 4.46. The van der Waals surface area contributed by atoms with Gasteiger partial charge in [-0.15, -0.1) is 11.3 Å². The van der Waals surface area contributed by atoms with Crippen LogP contribution in [0.1, 0.15) is 66.1 Å². The number of hydrogen-bond acceptors (Lipinski definition) is 6. The fourth-order valence-corrected chi connectivity index (χ4v) is 6.81. The van der Waals surface area contributed by atoms with Gasteiger partial charge in [-0.2, -0.15) is 10.2 Å². The fourth-order valence-electron chi connectivity index (χ4n) is 6.17. The molecule has 1 aliphatic heterocycles. The average Bonchev–Trinajstić information content (AvgIpc) is 3.69. The van der Waals surface area contributed by atoms with Crippen molar-refractivity contribution in [2.24, 2.45) is 7.05 Å². The summed E-state index contributed by atoms with van der Waals surface area (Å²) in [7, 11) is 1.92. The largest absolute Gasteiger partial charge is 0.349 e. The first-order valence-corrected chi connectivity index (χ1v) is 13.9. The van der Waals surface area contributed by atoms with Crippen LogP contribution in [0.2, 0.25) is 0 Å². The quantitative estimate of drug-likeness (QED) is 0.419. The van der Waals surface area contributed by atoms with Crippen molar-refractivity contribution < 1.29 is 4.79 Å². The summed E-state index contributed by atoms with van der Waals surface area (Å²) < 4.78 is 3.71. The Bertz CT molecular complexity index is 1340. The Morgan fingerprint density at radius 2 is 1.97 bits per heavy atom. The van der Waals surface area contributed by atoms with Gasteiger partial charge in [0.25, 0.3) is 5.91 Å². The molecule has 4 aromatic heterocycles. The highest BCUT2D eigenvalue weighted by atomic mass is 32.1. The van der Waals surface area contributed by atoms with Gasteiger partial charge in [0.15, 0.2) is 5.65 Å². The number of amides is 1. The van der Waals surface area contributed by atoms with Crippen molar-refractivity contribution in [1.29, 1.82) is 0 Å². The number of rotatable bonds is 6. The summed E-state index contributed by atoms with van der Waals surface area (Å²) in [5, 5.41) is 14.3. The molecule has 2 aliphatic rings. The van der Waals surface area contributed by atoms with Gasteiger partial charge in [0.05, 0.1) is 17.3 Å². The van der Waals surface area contributed by atoms with E-state index >= 15 is 0 Å². The second kappa shape index (κ2) is 9.78. The van der Waals surface area contributed by atoms with Crippen molar-refractivity contribution in [3.05, 3.63) is 58.9 Å². The van der Waals surface area contributed by atoms with Gasteiger partial charge in [0.2, 0.25) is 0 Å². The van der Waals surface area contributed by atoms with Crippen LogP contribution in [0.5, 0.6) is 0 Å². The molecule has 1 amide bonds. The fraction of sp³-hybridized carbons (Fsp3) is 0.481. The molecular formula is C27H33N7OS. The SMILES string of the molecule is Cn1cc(-c2cnc3c(C4CCCC(CNC(=O)c5cccs5)(N5CCCCC5)C4)cnn3c2)cn1. The number of hydrogen-bond donors (Lipinski definition) is 1. The highest BCUT2D eigenvalue weighted by Crippen LogP contribution is 2.43. The van der Waals surface area contributed by atoms with Crippen LogP contribution >= 0.6 is 11.3 Å². The minimum absolute atomic E-state index is 0.0276. The monoisotopic (exact) mass is 503 g/mol. The molecule has 188 valence electrons. The van der Waals surface area contributed by atoms with Crippen LogP contribution in [0.15, 0.2) is 48.5 Å². The second-order valence-electron chi connectivity index (χ2n) is 10.3. The molecule has 0 bridgehead atoms. The number of thiophene rings is 1. The molecule has 2 atom stereocenters. The smallest absolute Gasteiger partial charge is 0.261 e. The number of fused-ring (bicyclic) bond motifs is 1. The Morgan fingerprint density at radius 3 is 2.75 bits per heavy atom. The zero-order valence-electron chi connectivity index (χ0n) is 20.8. The van der Waals surface area contributed by atoms with E-state index in [1.54, 1.807) is 4.68 Å². The van der Waals surface area contributed by atoms with Crippen LogP contribution < -0.4 is 5.32 Å². The second-order valence-corrected chi connectivity index (χ2v) is 11.3. The molecule has 5 heterocycles. The first-order valence-electron chi connectivity index (χ1n) is 13.0. The number of nitrogens with zero attached hydrogens (tertiary/aromatic N) is 6. The van der Waals surface area contributed by atoms with Gasteiger partial charge < -0.3 is 5.32 Å². The molecule has 0 aromatic carbocycles. The number of piperidine rings is 1. The van der Waals surface area contributed by atoms with Gasteiger partial charge in [-0.3, -0.25) is 14.4 Å². The predicted octanol–water partition coefficient (Wildman–Crippen LogP) is 4.50. The topological polar surface area (TPSA) is 80.4 Å². The predicted molar refractivity (Wildman–Crippen MR) is 141 cm³/mol. The van der Waals surface area contributed by atoms with E-state index in [1.807, 2.05) is 60.1 Å². The first-order chi connectivity index (χ1) is 17.6. The molecule has 0 radical (unpaired) electrons. The molecule has 2 unspecified atom stereocenters. The normalized spacial score (nSPS) is 23.2. The highest BCUT2D eigenvalue weighted by Gasteiger charge is 2.43. The van der Waals surface area contributed by atoms with Crippen LogP contribution in [0, 0.1) is 0 Å². The van der Waals surface area contributed by atoms with Crippen molar-refractivity contribution in [3.63, 3.8) is 0 Å². The zero-order chi connectivity index (χ0) is 24.5. The molecule has 9 heteroatoms. The van der Waals surface area contributed by atoms with Gasteiger partial charge in [0, 0.05) is 54.4 Å². The van der Waals surface area contributed by atoms with E-state index in [1.165, 1.54) is 36.2 Å². The summed E-state index contributed by atoms with van der Waals surface area (Å²) in [4.78, 5) is 21.2. The summed E-state index contributed by atoms with van der Waals surface area (Å²) in [5.41, 5.74) is 4.17. The van der Waals surface area contributed by atoms with Crippen molar-refractivity contribution in [1.82, 2.24) is 34.6 Å². The van der Waals surface area contributed by atoms with Gasteiger partial charge in [-0.05, 0) is 62.6 Å². The summed E-state index contributed by atoms with van der Waals surface area (Å²) >= 11 is 1.50. The average molecular weight is 504 g/mol.